The number of aryl methyl sites for hydroxylation is 1. The Hall–Kier alpha value is -2.48. The van der Waals surface area contributed by atoms with Crippen molar-refractivity contribution >= 4 is 38.2 Å². The third-order valence-electron chi connectivity index (χ3n) is 6.07. The number of piperazine rings is 1. The molecule has 2 heterocycles. The van der Waals surface area contributed by atoms with Crippen LogP contribution in [0.25, 0.3) is 0 Å². The first-order chi connectivity index (χ1) is 16.0. The van der Waals surface area contributed by atoms with Crippen LogP contribution < -0.4 is 16.0 Å². The minimum Gasteiger partial charge on any atom is -0.365 e. The van der Waals surface area contributed by atoms with Crippen LogP contribution in [0, 0.1) is 0 Å². The Morgan fingerprint density at radius 2 is 1.82 bits per heavy atom. The zero-order valence-corrected chi connectivity index (χ0v) is 19.7. The van der Waals surface area contributed by atoms with Gasteiger partial charge in [-0.1, -0.05) is 12.1 Å². The van der Waals surface area contributed by atoms with Crippen LogP contribution in [-0.2, 0) is 33.8 Å². The number of hydrogen-bond acceptors (Lipinski definition) is 5. The molecule has 34 heavy (non-hydrogen) atoms. The molecule has 0 radical (unpaired) electrons. The van der Waals surface area contributed by atoms with Crippen LogP contribution in [0.4, 0.5) is 18.2 Å². The molecule has 0 saturated carbocycles. The molecule has 1 aromatic carbocycles. The molecule has 0 spiro atoms. The van der Waals surface area contributed by atoms with Gasteiger partial charge in [-0.25, -0.2) is 8.42 Å². The number of anilines is 1. The molecule has 0 bridgehead atoms. The van der Waals surface area contributed by atoms with E-state index in [-0.39, 0.29) is 38.6 Å². The van der Waals surface area contributed by atoms with Crippen LogP contribution in [0.1, 0.15) is 32.8 Å². The Morgan fingerprint density at radius 3 is 2.47 bits per heavy atom. The fourth-order valence-electron chi connectivity index (χ4n) is 4.44. The lowest BCUT2D eigenvalue weighted by molar-refractivity contribution is -0.895. The van der Waals surface area contributed by atoms with Crippen molar-refractivity contribution in [1.82, 2.24) is 4.31 Å². The SMILES string of the molecule is NC(=O)c1c(NC(=O)C[NH+]2CCN(S(=O)(=O)c3ccccc3C(F)(F)F)CC2)sc2c1CCC2. The Kier molecular flexibility index (Phi) is 6.73. The Morgan fingerprint density at radius 1 is 1.15 bits per heavy atom. The van der Waals surface area contributed by atoms with Gasteiger partial charge in [-0.2, -0.15) is 17.5 Å². The van der Waals surface area contributed by atoms with Crippen molar-refractivity contribution in [2.75, 3.05) is 38.0 Å². The van der Waals surface area contributed by atoms with Gasteiger partial charge in [-0.05, 0) is 37.0 Å². The average Bonchev–Trinajstić information content (AvgIpc) is 3.34. The number of sulfonamides is 1. The van der Waals surface area contributed by atoms with Crippen molar-refractivity contribution in [3.8, 4) is 0 Å². The van der Waals surface area contributed by atoms with Gasteiger partial charge in [0.05, 0.1) is 42.2 Å². The van der Waals surface area contributed by atoms with Gasteiger partial charge in [0.15, 0.2) is 6.54 Å². The summed E-state index contributed by atoms with van der Waals surface area (Å²) in [5.74, 6) is -0.920. The van der Waals surface area contributed by atoms with Gasteiger partial charge >= 0.3 is 6.18 Å². The second-order valence-corrected chi connectivity index (χ2v) is 11.3. The molecule has 184 valence electrons. The van der Waals surface area contributed by atoms with E-state index in [1.54, 1.807) is 0 Å². The van der Waals surface area contributed by atoms with E-state index in [0.29, 0.717) is 10.6 Å². The van der Waals surface area contributed by atoms with Crippen molar-refractivity contribution in [1.29, 1.82) is 0 Å². The third-order valence-corrected chi connectivity index (χ3v) is 9.24. The lowest BCUT2D eigenvalue weighted by Gasteiger charge is -2.31. The van der Waals surface area contributed by atoms with Crippen molar-refractivity contribution in [2.45, 2.75) is 30.3 Å². The fraction of sp³-hybridized carbons (Fsp3) is 0.429. The number of halogens is 3. The van der Waals surface area contributed by atoms with Crippen molar-refractivity contribution in [3.05, 3.63) is 45.8 Å². The zero-order valence-electron chi connectivity index (χ0n) is 18.1. The van der Waals surface area contributed by atoms with E-state index in [4.69, 9.17) is 5.73 Å². The second-order valence-electron chi connectivity index (χ2n) is 8.30. The number of carbonyl (C=O) groups excluding carboxylic acids is 2. The number of nitrogens with one attached hydrogen (secondary N) is 2. The number of hydrogen-bond donors (Lipinski definition) is 3. The fourth-order valence-corrected chi connectivity index (χ4v) is 7.40. The Labute approximate surface area is 198 Å². The molecule has 1 aliphatic heterocycles. The lowest BCUT2D eigenvalue weighted by atomic mass is 10.1. The van der Waals surface area contributed by atoms with E-state index in [0.717, 1.165) is 57.1 Å². The number of thiophene rings is 1. The molecule has 2 aliphatic rings. The van der Waals surface area contributed by atoms with Crippen LogP contribution in [0.2, 0.25) is 0 Å². The molecule has 4 N–H and O–H groups in total. The molecule has 2 aromatic rings. The Balaban J connectivity index is 1.39. The molecule has 1 fully saturated rings. The number of amides is 2. The first kappa shape index (κ1) is 24.6. The molecule has 1 saturated heterocycles. The molecule has 2 amide bonds. The van der Waals surface area contributed by atoms with E-state index < -0.39 is 32.6 Å². The zero-order chi connectivity index (χ0) is 24.7. The molecule has 1 aromatic heterocycles. The summed E-state index contributed by atoms with van der Waals surface area (Å²) in [5, 5.41) is 3.20. The summed E-state index contributed by atoms with van der Waals surface area (Å²) in [4.78, 5) is 25.6. The largest absolute Gasteiger partial charge is 0.417 e. The van der Waals surface area contributed by atoms with Crippen LogP contribution in [0.5, 0.6) is 0 Å². The van der Waals surface area contributed by atoms with E-state index >= 15 is 0 Å². The number of carbonyl (C=O) groups is 2. The van der Waals surface area contributed by atoms with Gasteiger partial charge in [0.1, 0.15) is 5.00 Å². The summed E-state index contributed by atoms with van der Waals surface area (Å²) in [6, 6.07) is 4.11. The number of alkyl halides is 3. The maximum absolute atomic E-state index is 13.3. The summed E-state index contributed by atoms with van der Waals surface area (Å²) >= 11 is 1.35. The van der Waals surface area contributed by atoms with Crippen LogP contribution >= 0.6 is 11.3 Å². The van der Waals surface area contributed by atoms with Gasteiger partial charge in [0.25, 0.3) is 11.8 Å². The topological polar surface area (TPSA) is 114 Å². The standard InChI is InChI=1S/C21H23F3N4O4S2/c22-21(23,24)14-5-1-2-7-16(14)34(31,32)28-10-8-27(9-11-28)12-17(29)26-20-18(19(25)30)13-4-3-6-15(13)33-20/h1-2,5,7H,3-4,6,8-12H2,(H2,25,30)(H,26,29)/p+1. The minimum atomic E-state index is -4.79. The predicted molar refractivity (Wildman–Crippen MR) is 119 cm³/mol. The summed E-state index contributed by atoms with van der Waals surface area (Å²) in [6.07, 6.45) is -2.25. The van der Waals surface area contributed by atoms with Gasteiger partial charge < -0.3 is 16.0 Å². The molecule has 8 nitrogen and oxygen atoms in total. The summed E-state index contributed by atoms with van der Waals surface area (Å²) in [7, 11) is -4.34. The highest BCUT2D eigenvalue weighted by atomic mass is 32.2. The molecular formula is C21H24F3N4O4S2+. The first-order valence-corrected chi connectivity index (χ1v) is 13.0. The van der Waals surface area contributed by atoms with Crippen molar-refractivity contribution < 1.29 is 36.1 Å². The molecule has 1 aliphatic carbocycles. The first-order valence-electron chi connectivity index (χ1n) is 10.7. The normalized spacial score (nSPS) is 17.5. The highest BCUT2D eigenvalue weighted by molar-refractivity contribution is 7.89. The lowest BCUT2D eigenvalue weighted by Crippen LogP contribution is -3.15. The summed E-state index contributed by atoms with van der Waals surface area (Å²) < 4.78 is 66.7. The van der Waals surface area contributed by atoms with Crippen LogP contribution in [0.3, 0.4) is 0 Å². The monoisotopic (exact) mass is 517 g/mol. The number of rotatable bonds is 6. The maximum Gasteiger partial charge on any atom is 0.417 e. The number of primary amides is 1. The van der Waals surface area contributed by atoms with Crippen LogP contribution in [-0.4, -0.2) is 57.3 Å². The summed E-state index contributed by atoms with van der Waals surface area (Å²) in [6.45, 7) is 0.511. The van der Waals surface area contributed by atoms with Gasteiger partial charge in [-0.15, -0.1) is 11.3 Å². The van der Waals surface area contributed by atoms with Gasteiger partial charge in [0, 0.05) is 4.88 Å². The quantitative estimate of drug-likeness (QED) is 0.528. The van der Waals surface area contributed by atoms with E-state index in [1.165, 1.54) is 17.4 Å². The summed E-state index contributed by atoms with van der Waals surface area (Å²) in [5.41, 5.74) is 5.58. The molecular weight excluding hydrogens is 493 g/mol. The molecule has 0 unspecified atom stereocenters. The number of benzene rings is 1. The van der Waals surface area contributed by atoms with Crippen molar-refractivity contribution in [3.63, 3.8) is 0 Å². The predicted octanol–water partition coefficient (Wildman–Crippen LogP) is 0.882. The second kappa shape index (κ2) is 9.29. The van der Waals surface area contributed by atoms with E-state index in [2.05, 4.69) is 5.32 Å². The van der Waals surface area contributed by atoms with E-state index in [9.17, 15) is 31.2 Å². The number of nitrogens with two attached hydrogens (primary N) is 1. The highest BCUT2D eigenvalue weighted by Gasteiger charge is 2.40. The van der Waals surface area contributed by atoms with Crippen LogP contribution in [0.15, 0.2) is 29.2 Å². The van der Waals surface area contributed by atoms with E-state index in [1.807, 2.05) is 0 Å². The average molecular weight is 518 g/mol. The molecule has 0 atom stereocenters. The Bertz CT molecular complexity index is 1220. The maximum atomic E-state index is 13.3. The number of nitrogens with zero attached hydrogens (tertiary/aromatic N) is 1. The van der Waals surface area contributed by atoms with Gasteiger partial charge in [-0.3, -0.25) is 9.59 Å². The molecule has 13 heteroatoms. The highest BCUT2D eigenvalue weighted by Crippen LogP contribution is 2.39. The number of fused-ring (bicyclic) bond motifs is 1. The minimum absolute atomic E-state index is 0.0169. The van der Waals surface area contributed by atoms with Crippen molar-refractivity contribution in [2.24, 2.45) is 5.73 Å². The molecule has 4 rings (SSSR count). The third kappa shape index (κ3) is 4.83. The number of quaternary nitrogens is 1. The smallest absolute Gasteiger partial charge is 0.365 e. The van der Waals surface area contributed by atoms with Gasteiger partial charge in [0.2, 0.25) is 10.0 Å².